The zero-order valence-electron chi connectivity index (χ0n) is 15.7. The average molecular weight is 394 g/mol. The summed E-state index contributed by atoms with van der Waals surface area (Å²) in [6, 6.07) is 0. The molecule has 4 heterocycles. The molecular weight excluding hydrogens is 370 g/mol. The summed E-state index contributed by atoms with van der Waals surface area (Å²) in [5.74, 6) is -2.09. The van der Waals surface area contributed by atoms with Gasteiger partial charge >= 0.3 is 0 Å². The lowest BCUT2D eigenvalue weighted by Gasteiger charge is -2.38. The molecule has 2 aliphatic heterocycles. The summed E-state index contributed by atoms with van der Waals surface area (Å²) in [4.78, 5) is 27.4. The van der Waals surface area contributed by atoms with Crippen molar-refractivity contribution in [2.75, 3.05) is 31.1 Å². The van der Waals surface area contributed by atoms with Crippen LogP contribution in [0, 0.1) is 19.8 Å². The highest BCUT2D eigenvalue weighted by Gasteiger charge is 2.39. The van der Waals surface area contributed by atoms with Gasteiger partial charge in [0.25, 0.3) is 5.92 Å². The highest BCUT2D eigenvalue weighted by molar-refractivity contribution is 7.18. The van der Waals surface area contributed by atoms with E-state index in [4.69, 9.17) is 0 Å². The van der Waals surface area contributed by atoms with Crippen LogP contribution in [-0.4, -0.2) is 52.9 Å². The Balaban J connectivity index is 1.46. The van der Waals surface area contributed by atoms with Gasteiger partial charge in [-0.15, -0.1) is 11.3 Å². The Labute approximate surface area is 161 Å². The van der Waals surface area contributed by atoms with Gasteiger partial charge < -0.3 is 9.80 Å². The van der Waals surface area contributed by atoms with Crippen molar-refractivity contribution in [2.45, 2.75) is 45.5 Å². The summed E-state index contributed by atoms with van der Waals surface area (Å²) < 4.78 is 27.3. The Morgan fingerprint density at radius 3 is 2.67 bits per heavy atom. The number of fused-ring (bicyclic) bond motifs is 1. The van der Waals surface area contributed by atoms with E-state index in [0.717, 1.165) is 16.0 Å². The number of thiophene rings is 1. The van der Waals surface area contributed by atoms with Crippen LogP contribution in [0.3, 0.4) is 0 Å². The van der Waals surface area contributed by atoms with Gasteiger partial charge in [0.1, 0.15) is 17.0 Å². The number of aryl methyl sites for hydroxylation is 2. The third-order valence-electron chi connectivity index (χ3n) is 5.79. The first-order valence-electron chi connectivity index (χ1n) is 9.48. The van der Waals surface area contributed by atoms with E-state index in [1.807, 2.05) is 0 Å². The standard InChI is InChI=1S/C19H24F2N4OS/c1-12-13(2)27-17-15(12)16(22-11-23-17)24-8-4-14(5-9-24)18(26)25-7-3-6-19(20,21)10-25/h11,14H,3-10H2,1-2H3. The van der Waals surface area contributed by atoms with E-state index >= 15 is 0 Å². The number of hydrogen-bond donors (Lipinski definition) is 0. The molecule has 2 aliphatic rings. The van der Waals surface area contributed by atoms with Gasteiger partial charge in [-0.05, 0) is 38.7 Å². The van der Waals surface area contributed by atoms with E-state index in [9.17, 15) is 13.6 Å². The maximum absolute atomic E-state index is 13.6. The Morgan fingerprint density at radius 1 is 1.22 bits per heavy atom. The molecule has 4 rings (SSSR count). The largest absolute Gasteiger partial charge is 0.356 e. The zero-order chi connectivity index (χ0) is 19.2. The topological polar surface area (TPSA) is 49.3 Å². The van der Waals surface area contributed by atoms with Crippen molar-refractivity contribution in [1.29, 1.82) is 0 Å². The second-order valence-corrected chi connectivity index (χ2v) is 8.84. The van der Waals surface area contributed by atoms with Crippen molar-refractivity contribution in [3.63, 3.8) is 0 Å². The fourth-order valence-corrected chi connectivity index (χ4v) is 5.15. The molecule has 0 saturated carbocycles. The van der Waals surface area contributed by atoms with Crippen molar-refractivity contribution in [2.24, 2.45) is 5.92 Å². The normalized spacial score (nSPS) is 21.0. The molecule has 0 aromatic carbocycles. The molecule has 0 bridgehead atoms. The minimum atomic E-state index is -2.74. The number of aromatic nitrogens is 2. The van der Waals surface area contributed by atoms with Gasteiger partial charge in [-0.1, -0.05) is 0 Å². The summed E-state index contributed by atoms with van der Waals surface area (Å²) in [6.07, 6.45) is 3.22. The van der Waals surface area contributed by atoms with Gasteiger partial charge in [-0.25, -0.2) is 18.7 Å². The van der Waals surface area contributed by atoms with Crippen molar-refractivity contribution in [3.05, 3.63) is 16.8 Å². The van der Waals surface area contributed by atoms with E-state index in [0.29, 0.717) is 38.9 Å². The maximum Gasteiger partial charge on any atom is 0.265 e. The number of carbonyl (C=O) groups is 1. The summed E-state index contributed by atoms with van der Waals surface area (Å²) in [6.45, 7) is 5.63. The van der Waals surface area contributed by atoms with E-state index in [-0.39, 0.29) is 18.2 Å². The van der Waals surface area contributed by atoms with Crippen LogP contribution in [-0.2, 0) is 4.79 Å². The summed E-state index contributed by atoms with van der Waals surface area (Å²) in [7, 11) is 0. The average Bonchev–Trinajstić information content (AvgIpc) is 2.95. The molecule has 0 unspecified atom stereocenters. The smallest absolute Gasteiger partial charge is 0.265 e. The van der Waals surface area contributed by atoms with Crippen molar-refractivity contribution in [3.8, 4) is 0 Å². The Hall–Kier alpha value is -1.83. The number of halogens is 2. The second-order valence-electron chi connectivity index (χ2n) is 7.64. The number of rotatable bonds is 2. The molecular formula is C19H24F2N4OS. The van der Waals surface area contributed by atoms with Crippen LogP contribution in [0.1, 0.15) is 36.1 Å². The van der Waals surface area contributed by atoms with Crippen molar-refractivity contribution in [1.82, 2.24) is 14.9 Å². The third kappa shape index (κ3) is 3.51. The SMILES string of the molecule is Cc1sc2ncnc(N3CCC(C(=O)N4CCCC(F)(F)C4)CC3)c2c1C. The monoisotopic (exact) mass is 394 g/mol. The van der Waals surface area contributed by atoms with Crippen LogP contribution in [0.25, 0.3) is 10.2 Å². The fraction of sp³-hybridized carbons (Fsp3) is 0.632. The molecule has 146 valence electrons. The molecule has 0 aliphatic carbocycles. The first-order valence-corrected chi connectivity index (χ1v) is 10.3. The molecule has 0 atom stereocenters. The van der Waals surface area contributed by atoms with E-state index in [1.165, 1.54) is 15.3 Å². The second kappa shape index (κ2) is 6.96. The predicted octanol–water partition coefficient (Wildman–Crippen LogP) is 3.78. The number of anilines is 1. The van der Waals surface area contributed by atoms with E-state index < -0.39 is 12.5 Å². The highest BCUT2D eigenvalue weighted by Crippen LogP contribution is 2.36. The molecule has 2 aromatic rings. The number of likely N-dealkylation sites (tertiary alicyclic amines) is 1. The number of piperidine rings is 2. The van der Waals surface area contributed by atoms with Crippen LogP contribution in [0.15, 0.2) is 6.33 Å². The Bertz CT molecular complexity index is 861. The van der Waals surface area contributed by atoms with Crippen molar-refractivity contribution >= 4 is 33.3 Å². The van der Waals surface area contributed by atoms with Crippen LogP contribution in [0.5, 0.6) is 0 Å². The van der Waals surface area contributed by atoms with Gasteiger partial charge in [0, 0.05) is 36.9 Å². The van der Waals surface area contributed by atoms with Crippen LogP contribution in [0.2, 0.25) is 0 Å². The highest BCUT2D eigenvalue weighted by atomic mass is 32.1. The summed E-state index contributed by atoms with van der Waals surface area (Å²) >= 11 is 1.67. The number of alkyl halides is 2. The lowest BCUT2D eigenvalue weighted by atomic mass is 9.93. The van der Waals surface area contributed by atoms with Gasteiger partial charge in [-0.3, -0.25) is 4.79 Å². The lowest BCUT2D eigenvalue weighted by molar-refractivity contribution is -0.146. The lowest BCUT2D eigenvalue weighted by Crippen LogP contribution is -2.49. The summed E-state index contributed by atoms with van der Waals surface area (Å²) in [5, 5.41) is 1.10. The molecule has 0 spiro atoms. The van der Waals surface area contributed by atoms with Crippen LogP contribution < -0.4 is 4.90 Å². The third-order valence-corrected chi connectivity index (χ3v) is 6.91. The Morgan fingerprint density at radius 2 is 1.96 bits per heavy atom. The molecule has 27 heavy (non-hydrogen) atoms. The van der Waals surface area contributed by atoms with Gasteiger partial charge in [0.05, 0.1) is 11.9 Å². The zero-order valence-corrected chi connectivity index (χ0v) is 16.5. The molecule has 0 radical (unpaired) electrons. The van der Waals surface area contributed by atoms with Crippen molar-refractivity contribution < 1.29 is 13.6 Å². The first kappa shape index (κ1) is 18.5. The number of carbonyl (C=O) groups excluding carboxylic acids is 1. The van der Waals surface area contributed by atoms with Crippen LogP contribution >= 0.6 is 11.3 Å². The number of nitrogens with zero attached hydrogens (tertiary/aromatic N) is 4. The van der Waals surface area contributed by atoms with Gasteiger partial charge in [-0.2, -0.15) is 0 Å². The Kier molecular flexibility index (Phi) is 4.78. The molecule has 2 fully saturated rings. The quantitative estimate of drug-likeness (QED) is 0.778. The fourth-order valence-electron chi connectivity index (χ4n) is 4.15. The molecule has 2 saturated heterocycles. The molecule has 8 heteroatoms. The van der Waals surface area contributed by atoms with E-state index in [1.54, 1.807) is 17.7 Å². The number of hydrogen-bond acceptors (Lipinski definition) is 5. The maximum atomic E-state index is 13.6. The first-order chi connectivity index (χ1) is 12.9. The van der Waals surface area contributed by atoms with Crippen LogP contribution in [0.4, 0.5) is 14.6 Å². The number of amides is 1. The minimum absolute atomic E-state index is 0.107. The molecule has 0 N–H and O–H groups in total. The van der Waals surface area contributed by atoms with E-state index in [2.05, 4.69) is 28.7 Å². The minimum Gasteiger partial charge on any atom is -0.356 e. The molecule has 5 nitrogen and oxygen atoms in total. The molecule has 2 aromatic heterocycles. The summed E-state index contributed by atoms with van der Waals surface area (Å²) in [5.41, 5.74) is 1.21. The van der Waals surface area contributed by atoms with Gasteiger partial charge in [0.15, 0.2) is 0 Å². The molecule has 1 amide bonds. The van der Waals surface area contributed by atoms with Gasteiger partial charge in [0.2, 0.25) is 5.91 Å². The predicted molar refractivity (Wildman–Crippen MR) is 103 cm³/mol.